The maximum Gasteiger partial charge on any atom is 0.435 e. The second-order valence-electron chi connectivity index (χ2n) is 6.84. The van der Waals surface area contributed by atoms with Gasteiger partial charge in [0, 0.05) is 0 Å². The molecule has 0 radical (unpaired) electrons. The summed E-state index contributed by atoms with van der Waals surface area (Å²) in [4.78, 5) is 12.4. The van der Waals surface area contributed by atoms with Gasteiger partial charge in [0.2, 0.25) is 0 Å². The van der Waals surface area contributed by atoms with Crippen molar-refractivity contribution >= 4 is 16.2 Å². The Bertz CT molecular complexity index is 875. The van der Waals surface area contributed by atoms with Crippen LogP contribution >= 0.6 is 0 Å². The average Bonchev–Trinajstić information content (AvgIpc) is 2.60. The molecule has 0 saturated heterocycles. The van der Waals surface area contributed by atoms with Gasteiger partial charge in [-0.3, -0.25) is 0 Å². The van der Waals surface area contributed by atoms with Crippen LogP contribution in [0.4, 0.5) is 4.79 Å². The Morgan fingerprint density at radius 1 is 1.04 bits per heavy atom. The van der Waals surface area contributed by atoms with E-state index in [0.29, 0.717) is 16.2 Å². The molecule has 0 aliphatic rings. The van der Waals surface area contributed by atoms with Crippen molar-refractivity contribution < 1.29 is 27.3 Å². The van der Waals surface area contributed by atoms with E-state index in [1.165, 1.54) is 12.1 Å². The highest BCUT2D eigenvalue weighted by Gasteiger charge is 2.29. The van der Waals surface area contributed by atoms with Crippen LogP contribution in [0.1, 0.15) is 31.9 Å². The number of hydroxylamine groups is 2. The summed E-state index contributed by atoms with van der Waals surface area (Å²) in [6.45, 7) is 4.65. The van der Waals surface area contributed by atoms with E-state index in [2.05, 4.69) is 0 Å². The SMILES string of the molecule is CC(C)(C)OC(=O)N(Cc1cccc(CO)c1)OS(=O)(=O)c1ccccc1. The monoisotopic (exact) mass is 393 g/mol. The van der Waals surface area contributed by atoms with Gasteiger partial charge in [-0.2, -0.15) is 13.5 Å². The molecule has 0 aliphatic carbocycles. The summed E-state index contributed by atoms with van der Waals surface area (Å²) in [7, 11) is -4.22. The van der Waals surface area contributed by atoms with Crippen LogP contribution in [0.2, 0.25) is 0 Å². The number of amides is 1. The Hall–Kier alpha value is -2.42. The summed E-state index contributed by atoms with van der Waals surface area (Å²) < 4.78 is 35.4. The van der Waals surface area contributed by atoms with E-state index >= 15 is 0 Å². The van der Waals surface area contributed by atoms with E-state index in [1.54, 1.807) is 63.2 Å². The van der Waals surface area contributed by atoms with Crippen LogP contribution in [-0.4, -0.2) is 30.3 Å². The average molecular weight is 393 g/mol. The largest absolute Gasteiger partial charge is 0.442 e. The van der Waals surface area contributed by atoms with Crippen LogP contribution in [0.25, 0.3) is 0 Å². The molecular weight excluding hydrogens is 370 g/mol. The van der Waals surface area contributed by atoms with Crippen LogP contribution in [0.15, 0.2) is 59.5 Å². The molecule has 0 saturated carbocycles. The van der Waals surface area contributed by atoms with Crippen molar-refractivity contribution in [2.24, 2.45) is 0 Å². The zero-order valence-corrected chi connectivity index (χ0v) is 16.3. The molecule has 0 atom stereocenters. The van der Waals surface area contributed by atoms with Crippen molar-refractivity contribution in [3.63, 3.8) is 0 Å². The maximum absolute atomic E-state index is 12.5. The van der Waals surface area contributed by atoms with Crippen molar-refractivity contribution in [1.29, 1.82) is 0 Å². The lowest BCUT2D eigenvalue weighted by atomic mass is 10.1. The standard InChI is InChI=1S/C19H23NO6S/c1-19(2,3)25-18(22)20(13-15-8-7-9-16(12-15)14-21)26-27(23,24)17-10-5-4-6-11-17/h4-12,21H,13-14H2,1-3H3. The number of carbonyl (C=O) groups is 1. The quantitative estimate of drug-likeness (QED) is 0.758. The molecule has 0 heterocycles. The second kappa shape index (κ2) is 8.51. The Kier molecular flexibility index (Phi) is 6.59. The van der Waals surface area contributed by atoms with Gasteiger partial charge in [-0.05, 0) is 44.0 Å². The summed E-state index contributed by atoms with van der Waals surface area (Å²) in [5, 5.41) is 9.92. The van der Waals surface area contributed by atoms with Crippen LogP contribution in [0.3, 0.4) is 0 Å². The van der Waals surface area contributed by atoms with Crippen LogP contribution in [0.5, 0.6) is 0 Å². The second-order valence-corrected chi connectivity index (χ2v) is 8.37. The third-order valence-electron chi connectivity index (χ3n) is 3.32. The molecule has 0 unspecified atom stereocenters. The van der Waals surface area contributed by atoms with Gasteiger partial charge in [-0.15, -0.1) is 4.28 Å². The zero-order valence-electron chi connectivity index (χ0n) is 15.5. The fraction of sp³-hybridized carbons (Fsp3) is 0.316. The van der Waals surface area contributed by atoms with Gasteiger partial charge in [0.25, 0.3) is 0 Å². The van der Waals surface area contributed by atoms with Crippen LogP contribution < -0.4 is 0 Å². The van der Waals surface area contributed by atoms with Crippen molar-refractivity contribution in [2.75, 3.05) is 0 Å². The Morgan fingerprint density at radius 3 is 2.26 bits per heavy atom. The lowest BCUT2D eigenvalue weighted by Crippen LogP contribution is -2.38. The highest BCUT2D eigenvalue weighted by molar-refractivity contribution is 7.86. The van der Waals surface area contributed by atoms with E-state index in [4.69, 9.17) is 9.02 Å². The molecule has 0 spiro atoms. The minimum Gasteiger partial charge on any atom is -0.442 e. The number of hydrogen-bond donors (Lipinski definition) is 1. The molecule has 0 fully saturated rings. The number of rotatable bonds is 6. The molecular formula is C19H23NO6S. The molecule has 2 aromatic carbocycles. The summed E-state index contributed by atoms with van der Waals surface area (Å²) in [5.41, 5.74) is 0.375. The normalized spacial score (nSPS) is 11.9. The van der Waals surface area contributed by atoms with Crippen molar-refractivity contribution in [3.05, 3.63) is 65.7 Å². The van der Waals surface area contributed by atoms with E-state index in [0.717, 1.165) is 0 Å². The third-order valence-corrected chi connectivity index (χ3v) is 4.54. The van der Waals surface area contributed by atoms with Crippen molar-refractivity contribution in [1.82, 2.24) is 5.06 Å². The van der Waals surface area contributed by atoms with E-state index in [1.807, 2.05) is 0 Å². The fourth-order valence-corrected chi connectivity index (χ4v) is 3.10. The molecule has 2 rings (SSSR count). The smallest absolute Gasteiger partial charge is 0.435 e. The van der Waals surface area contributed by atoms with Gasteiger partial charge in [-0.1, -0.05) is 42.5 Å². The van der Waals surface area contributed by atoms with Gasteiger partial charge >= 0.3 is 16.2 Å². The Morgan fingerprint density at radius 2 is 1.67 bits per heavy atom. The minimum atomic E-state index is -4.22. The first-order valence-corrected chi connectivity index (χ1v) is 9.70. The van der Waals surface area contributed by atoms with Crippen molar-refractivity contribution in [3.8, 4) is 0 Å². The predicted octanol–water partition coefficient (Wildman–Crippen LogP) is 3.24. The van der Waals surface area contributed by atoms with Crippen molar-refractivity contribution in [2.45, 2.75) is 44.4 Å². The molecule has 0 aromatic heterocycles. The zero-order chi connectivity index (χ0) is 20.1. The summed E-state index contributed by atoms with van der Waals surface area (Å²) in [5.74, 6) is 0. The molecule has 0 aliphatic heterocycles. The summed E-state index contributed by atoms with van der Waals surface area (Å²) in [6, 6.07) is 14.3. The first kappa shape index (κ1) is 20.9. The number of benzene rings is 2. The number of aliphatic hydroxyl groups is 1. The predicted molar refractivity (Wildman–Crippen MR) is 98.9 cm³/mol. The van der Waals surface area contributed by atoms with E-state index < -0.39 is 21.8 Å². The molecule has 7 nitrogen and oxygen atoms in total. The van der Waals surface area contributed by atoms with Crippen LogP contribution in [-0.2, 0) is 32.3 Å². The Balaban J connectivity index is 2.30. The summed E-state index contributed by atoms with van der Waals surface area (Å²) in [6.07, 6.45) is -0.934. The number of ether oxygens (including phenoxy) is 1. The van der Waals surface area contributed by atoms with E-state index in [9.17, 15) is 18.3 Å². The molecule has 8 heteroatoms. The van der Waals surface area contributed by atoms with Gasteiger partial charge in [0.15, 0.2) is 0 Å². The lowest BCUT2D eigenvalue weighted by molar-refractivity contribution is -0.0739. The molecule has 146 valence electrons. The topological polar surface area (TPSA) is 93.1 Å². The minimum absolute atomic E-state index is 0.0809. The molecule has 1 amide bonds. The first-order chi connectivity index (χ1) is 12.6. The number of carbonyl (C=O) groups excluding carboxylic acids is 1. The molecule has 1 N–H and O–H groups in total. The highest BCUT2D eigenvalue weighted by atomic mass is 32.2. The first-order valence-electron chi connectivity index (χ1n) is 8.29. The maximum atomic E-state index is 12.5. The van der Waals surface area contributed by atoms with Gasteiger partial charge in [0.05, 0.1) is 18.0 Å². The molecule has 2 aromatic rings. The number of hydrogen-bond acceptors (Lipinski definition) is 6. The number of aliphatic hydroxyl groups excluding tert-OH is 1. The fourth-order valence-electron chi connectivity index (χ4n) is 2.17. The van der Waals surface area contributed by atoms with Gasteiger partial charge < -0.3 is 9.84 Å². The molecule has 27 heavy (non-hydrogen) atoms. The highest BCUT2D eigenvalue weighted by Crippen LogP contribution is 2.19. The number of nitrogens with zero attached hydrogens (tertiary/aromatic N) is 1. The van der Waals surface area contributed by atoms with E-state index in [-0.39, 0.29) is 18.0 Å². The Labute approximate surface area is 159 Å². The third kappa shape index (κ3) is 6.35. The van der Waals surface area contributed by atoms with Gasteiger partial charge in [0.1, 0.15) is 5.60 Å². The van der Waals surface area contributed by atoms with Crippen LogP contribution in [0, 0.1) is 0 Å². The van der Waals surface area contributed by atoms with Gasteiger partial charge in [-0.25, -0.2) is 4.79 Å². The summed E-state index contributed by atoms with van der Waals surface area (Å²) >= 11 is 0. The lowest BCUT2D eigenvalue weighted by Gasteiger charge is -2.26. The molecule has 0 bridgehead atoms.